The summed E-state index contributed by atoms with van der Waals surface area (Å²) in [5.41, 5.74) is 0.360. The Morgan fingerprint density at radius 2 is 1.65 bits per heavy atom. The Hall–Kier alpha value is -1.30. The van der Waals surface area contributed by atoms with Gasteiger partial charge < -0.3 is 20.3 Å². The summed E-state index contributed by atoms with van der Waals surface area (Å²) in [5.74, 6) is 2.93. The van der Waals surface area contributed by atoms with E-state index in [0.29, 0.717) is 31.8 Å². The normalized spacial score (nSPS) is 36.2. The lowest BCUT2D eigenvalue weighted by atomic mass is 9.53. The van der Waals surface area contributed by atoms with Gasteiger partial charge in [0.25, 0.3) is 5.91 Å². The van der Waals surface area contributed by atoms with Crippen LogP contribution in [0.4, 0.5) is 4.79 Å². The van der Waals surface area contributed by atoms with Crippen LogP contribution in [0.2, 0.25) is 0 Å². The maximum absolute atomic E-state index is 12.5. The van der Waals surface area contributed by atoms with E-state index in [1.54, 1.807) is 4.90 Å². The molecule has 4 saturated carbocycles. The lowest BCUT2D eigenvalue weighted by Gasteiger charge is -2.54. The maximum Gasteiger partial charge on any atom is 0.409 e. The molecule has 26 heavy (non-hydrogen) atoms. The molecule has 6 nitrogen and oxygen atoms in total. The number of ether oxygens (including phenoxy) is 1. The van der Waals surface area contributed by atoms with E-state index in [-0.39, 0.29) is 18.0 Å². The van der Waals surface area contributed by atoms with Crippen molar-refractivity contribution in [1.82, 2.24) is 10.2 Å². The van der Waals surface area contributed by atoms with Crippen LogP contribution in [0.3, 0.4) is 0 Å². The largest absolute Gasteiger partial charge is 0.450 e. The Morgan fingerprint density at radius 3 is 2.19 bits per heavy atom. The number of nitrogens with two attached hydrogens (primary N) is 1. The van der Waals surface area contributed by atoms with Gasteiger partial charge in [0.15, 0.2) is 6.54 Å². The molecule has 146 valence electrons. The quantitative estimate of drug-likeness (QED) is 0.771. The van der Waals surface area contributed by atoms with Crippen molar-refractivity contribution >= 4 is 12.0 Å². The molecule has 2 amide bonds. The number of rotatable bonds is 5. The predicted octanol–water partition coefficient (Wildman–Crippen LogP) is 1.26. The first-order valence-corrected chi connectivity index (χ1v) is 10.6. The first-order chi connectivity index (χ1) is 12.5. The second-order valence-corrected chi connectivity index (χ2v) is 9.22. The number of nitrogens with zero attached hydrogens (tertiary/aromatic N) is 1. The highest BCUT2D eigenvalue weighted by Crippen LogP contribution is 2.54. The summed E-state index contributed by atoms with van der Waals surface area (Å²) >= 11 is 0. The molecule has 0 spiro atoms. The molecule has 0 atom stereocenters. The number of carbonyl (C=O) groups excluding carboxylic acids is 2. The van der Waals surface area contributed by atoms with Crippen LogP contribution in [0.1, 0.15) is 58.3 Å². The maximum atomic E-state index is 12.5. The molecule has 5 rings (SSSR count). The molecule has 5 aliphatic rings. The third kappa shape index (κ3) is 3.85. The Bertz CT molecular complexity index is 507. The van der Waals surface area contributed by atoms with Gasteiger partial charge >= 0.3 is 6.09 Å². The van der Waals surface area contributed by atoms with Crippen molar-refractivity contribution in [3.63, 3.8) is 0 Å². The summed E-state index contributed by atoms with van der Waals surface area (Å²) in [6.07, 6.45) is 9.71. The molecule has 1 heterocycles. The number of amides is 2. The lowest BCUT2D eigenvalue weighted by molar-refractivity contribution is -0.730. The highest BCUT2D eigenvalue weighted by molar-refractivity contribution is 5.77. The first kappa shape index (κ1) is 18.1. The van der Waals surface area contributed by atoms with E-state index < -0.39 is 0 Å². The Kier molecular flexibility index (Phi) is 5.13. The second-order valence-electron chi connectivity index (χ2n) is 9.22. The van der Waals surface area contributed by atoms with Crippen molar-refractivity contribution in [1.29, 1.82) is 0 Å². The minimum absolute atomic E-state index is 0.162. The zero-order valence-corrected chi connectivity index (χ0v) is 16.0. The number of likely N-dealkylation sites (tertiary alicyclic amines) is 1. The highest BCUT2D eigenvalue weighted by Gasteiger charge is 2.53. The van der Waals surface area contributed by atoms with E-state index >= 15 is 0 Å². The Balaban J connectivity index is 1.20. The summed E-state index contributed by atoms with van der Waals surface area (Å²) in [5, 5.41) is 5.57. The average Bonchev–Trinajstić information content (AvgIpc) is 2.60. The van der Waals surface area contributed by atoms with Gasteiger partial charge in [-0.05, 0) is 56.8 Å². The van der Waals surface area contributed by atoms with Crippen molar-refractivity contribution in [2.24, 2.45) is 17.8 Å². The van der Waals surface area contributed by atoms with Gasteiger partial charge in [0.05, 0.1) is 12.1 Å². The Morgan fingerprint density at radius 1 is 1.08 bits per heavy atom. The van der Waals surface area contributed by atoms with Crippen LogP contribution < -0.4 is 10.6 Å². The van der Waals surface area contributed by atoms with Crippen molar-refractivity contribution in [3.05, 3.63) is 0 Å². The van der Waals surface area contributed by atoms with Crippen LogP contribution in [-0.4, -0.2) is 54.7 Å². The average molecular weight is 365 g/mol. The molecule has 1 aliphatic heterocycles. The molecule has 1 saturated heterocycles. The second kappa shape index (κ2) is 7.37. The molecule has 0 aromatic rings. The molecular weight excluding hydrogens is 330 g/mol. The third-order valence-electron chi connectivity index (χ3n) is 7.19. The van der Waals surface area contributed by atoms with Crippen LogP contribution in [0.5, 0.6) is 0 Å². The fourth-order valence-corrected chi connectivity index (χ4v) is 6.44. The molecule has 0 aromatic carbocycles. The van der Waals surface area contributed by atoms with Crippen LogP contribution in [0.15, 0.2) is 0 Å². The SMILES string of the molecule is CCOC(=O)N1CCC(NC(=O)C[NH2+]C23CC4CC(CC(C4)C2)C3)CC1. The van der Waals surface area contributed by atoms with Gasteiger partial charge in [0.2, 0.25) is 0 Å². The fraction of sp³-hybridized carbons (Fsp3) is 0.900. The minimum Gasteiger partial charge on any atom is -0.450 e. The topological polar surface area (TPSA) is 75.2 Å². The molecule has 5 fully saturated rings. The summed E-state index contributed by atoms with van der Waals surface area (Å²) in [6.45, 7) is 4.13. The molecule has 0 aromatic heterocycles. The summed E-state index contributed by atoms with van der Waals surface area (Å²) < 4.78 is 5.05. The van der Waals surface area contributed by atoms with E-state index in [2.05, 4.69) is 10.6 Å². The van der Waals surface area contributed by atoms with Gasteiger partial charge in [0, 0.05) is 38.4 Å². The number of nitrogens with one attached hydrogen (secondary N) is 1. The summed E-state index contributed by atoms with van der Waals surface area (Å²) in [6, 6.07) is 0.193. The number of carbonyl (C=O) groups is 2. The molecule has 4 bridgehead atoms. The van der Waals surface area contributed by atoms with Gasteiger partial charge in [0.1, 0.15) is 0 Å². The van der Waals surface area contributed by atoms with E-state index in [1.165, 1.54) is 38.5 Å². The van der Waals surface area contributed by atoms with Crippen LogP contribution >= 0.6 is 0 Å². The van der Waals surface area contributed by atoms with Crippen LogP contribution in [0.25, 0.3) is 0 Å². The van der Waals surface area contributed by atoms with Gasteiger partial charge in [-0.1, -0.05) is 0 Å². The number of quaternary nitrogens is 1. The molecule has 0 radical (unpaired) electrons. The number of hydrogen-bond donors (Lipinski definition) is 2. The standard InChI is InChI=1S/C20H33N3O3/c1-2-26-19(25)23-5-3-17(4-6-23)22-18(24)13-21-20-10-14-7-15(11-20)9-16(8-14)12-20/h14-17,21H,2-13H2,1H3,(H,22,24)/p+1. The van der Waals surface area contributed by atoms with Crippen molar-refractivity contribution in [2.75, 3.05) is 26.2 Å². The fourth-order valence-electron chi connectivity index (χ4n) is 6.44. The van der Waals surface area contributed by atoms with Gasteiger partial charge in [-0.25, -0.2) is 4.79 Å². The van der Waals surface area contributed by atoms with Crippen molar-refractivity contribution in [2.45, 2.75) is 69.9 Å². The van der Waals surface area contributed by atoms with Crippen molar-refractivity contribution < 1.29 is 19.6 Å². The van der Waals surface area contributed by atoms with Gasteiger partial charge in [-0.3, -0.25) is 4.79 Å². The minimum atomic E-state index is -0.229. The summed E-state index contributed by atoms with van der Waals surface area (Å²) in [7, 11) is 0. The van der Waals surface area contributed by atoms with E-state index in [9.17, 15) is 9.59 Å². The molecule has 6 heteroatoms. The molecular formula is C20H34N3O3+. The van der Waals surface area contributed by atoms with Gasteiger partial charge in [-0.2, -0.15) is 0 Å². The van der Waals surface area contributed by atoms with E-state index in [1.807, 2.05) is 6.92 Å². The van der Waals surface area contributed by atoms with E-state index in [0.717, 1.165) is 30.6 Å². The first-order valence-electron chi connectivity index (χ1n) is 10.6. The van der Waals surface area contributed by atoms with E-state index in [4.69, 9.17) is 4.74 Å². The third-order valence-corrected chi connectivity index (χ3v) is 7.19. The van der Waals surface area contributed by atoms with Crippen LogP contribution in [0, 0.1) is 17.8 Å². The van der Waals surface area contributed by atoms with Crippen molar-refractivity contribution in [3.8, 4) is 0 Å². The van der Waals surface area contributed by atoms with Crippen LogP contribution in [-0.2, 0) is 9.53 Å². The summed E-state index contributed by atoms with van der Waals surface area (Å²) in [4.78, 5) is 26.0. The predicted molar refractivity (Wildman–Crippen MR) is 97.5 cm³/mol. The number of piperidine rings is 1. The molecule has 0 unspecified atom stereocenters. The van der Waals surface area contributed by atoms with Gasteiger partial charge in [-0.15, -0.1) is 0 Å². The zero-order chi connectivity index (χ0) is 18.1. The monoisotopic (exact) mass is 364 g/mol. The Labute approximate surface area is 156 Å². The smallest absolute Gasteiger partial charge is 0.409 e. The number of hydrogen-bond acceptors (Lipinski definition) is 3. The highest BCUT2D eigenvalue weighted by atomic mass is 16.6. The molecule has 3 N–H and O–H groups in total. The zero-order valence-electron chi connectivity index (χ0n) is 16.0. The molecule has 4 aliphatic carbocycles. The lowest BCUT2D eigenvalue weighted by Crippen LogP contribution is -3.00.